The number of rotatable bonds is 3. The Balaban J connectivity index is 1.31. The van der Waals surface area contributed by atoms with E-state index in [0.717, 1.165) is 21.7 Å². The lowest BCUT2D eigenvalue weighted by Gasteiger charge is -2.28. The second kappa shape index (κ2) is 13.1. The highest BCUT2D eigenvalue weighted by atomic mass is 16.5. The average molecular weight is 623 g/mol. The zero-order chi connectivity index (χ0) is 32.4. The van der Waals surface area contributed by atoms with E-state index in [1.54, 1.807) is 37.2 Å². The first-order valence-electron chi connectivity index (χ1n) is 15.5. The standard InChI is InChI=1S/C35H38N6O5/c1-39-20-32(43)41-19-25(36)17-26(41)21-46-30-12-6-9-23-13-14-28(38-33(23)30)35(45)40(2)29(15-16-31(39)42)34(44)37-18-24-10-5-8-22-7-3-4-11-27(22)24/h3-14,25-26,29H,15-21,36H2,1-2H3,(H,37,44)/t25-,26-,29-/m0/s1. The predicted octanol–water partition coefficient (Wildman–Crippen LogP) is 2.70. The number of pyridine rings is 1. The largest absolute Gasteiger partial charge is 0.489 e. The number of nitrogens with one attached hydrogen (secondary N) is 1. The molecule has 3 aromatic carbocycles. The van der Waals surface area contributed by atoms with Crippen LogP contribution >= 0.6 is 0 Å². The third kappa shape index (κ3) is 6.36. The third-order valence-electron chi connectivity index (χ3n) is 8.95. The molecule has 1 fully saturated rings. The lowest BCUT2D eigenvalue weighted by molar-refractivity contribution is -0.140. The quantitative estimate of drug-likeness (QED) is 0.358. The summed E-state index contributed by atoms with van der Waals surface area (Å²) in [5, 5.41) is 5.84. The Hall–Kier alpha value is -5.03. The number of carbonyl (C=O) groups is 4. The third-order valence-corrected chi connectivity index (χ3v) is 8.95. The van der Waals surface area contributed by atoms with Crippen LogP contribution in [0.5, 0.6) is 5.75 Å². The number of likely N-dealkylation sites (N-methyl/N-ethyl adjacent to an activating group) is 2. The Bertz CT molecular complexity index is 1810. The van der Waals surface area contributed by atoms with Gasteiger partial charge in [-0.05, 0) is 41.3 Å². The zero-order valence-corrected chi connectivity index (χ0v) is 26.0. The molecule has 0 aliphatic carbocycles. The fraction of sp³-hybridized carbons (Fsp3) is 0.343. The van der Waals surface area contributed by atoms with Gasteiger partial charge in [-0.15, -0.1) is 0 Å². The van der Waals surface area contributed by atoms with Gasteiger partial charge in [0.15, 0.2) is 0 Å². The summed E-state index contributed by atoms with van der Waals surface area (Å²) in [6.45, 7) is 0.668. The van der Waals surface area contributed by atoms with Crippen molar-refractivity contribution in [2.45, 2.75) is 43.9 Å². The lowest BCUT2D eigenvalue weighted by atomic mass is 10.0. The van der Waals surface area contributed by atoms with E-state index in [9.17, 15) is 19.2 Å². The maximum atomic E-state index is 13.9. The highest BCUT2D eigenvalue weighted by Crippen LogP contribution is 2.27. The molecule has 0 spiro atoms. The van der Waals surface area contributed by atoms with Gasteiger partial charge in [0.1, 0.15) is 29.6 Å². The van der Waals surface area contributed by atoms with Gasteiger partial charge in [0.05, 0.1) is 12.6 Å². The first-order valence-corrected chi connectivity index (χ1v) is 15.5. The van der Waals surface area contributed by atoms with Crippen LogP contribution in [0.15, 0.2) is 72.8 Å². The molecule has 1 aromatic heterocycles. The van der Waals surface area contributed by atoms with Crippen molar-refractivity contribution in [2.24, 2.45) is 5.73 Å². The Labute approximate surface area is 267 Å². The van der Waals surface area contributed by atoms with Gasteiger partial charge in [-0.1, -0.05) is 60.7 Å². The summed E-state index contributed by atoms with van der Waals surface area (Å²) in [7, 11) is 3.11. The highest BCUT2D eigenvalue weighted by molar-refractivity contribution is 5.99. The Morgan fingerprint density at radius 1 is 0.957 bits per heavy atom. The molecule has 238 valence electrons. The molecule has 0 radical (unpaired) electrons. The molecule has 2 aliphatic heterocycles. The number of hydrogen-bond donors (Lipinski definition) is 2. The summed E-state index contributed by atoms with van der Waals surface area (Å²) in [5.74, 6) is -0.920. The molecule has 11 heteroatoms. The van der Waals surface area contributed by atoms with E-state index < -0.39 is 17.9 Å². The topological polar surface area (TPSA) is 138 Å². The summed E-state index contributed by atoms with van der Waals surface area (Å²) in [5.41, 5.74) is 7.81. The molecule has 6 rings (SSSR count). The first-order chi connectivity index (χ1) is 22.2. The van der Waals surface area contributed by atoms with Crippen LogP contribution in [-0.4, -0.2) is 95.2 Å². The molecular weight excluding hydrogens is 584 g/mol. The number of hydrogen-bond acceptors (Lipinski definition) is 7. The van der Waals surface area contributed by atoms with Crippen LogP contribution in [0.25, 0.3) is 21.7 Å². The monoisotopic (exact) mass is 622 g/mol. The maximum Gasteiger partial charge on any atom is 0.272 e. The minimum Gasteiger partial charge on any atom is -0.489 e. The molecule has 46 heavy (non-hydrogen) atoms. The van der Waals surface area contributed by atoms with Crippen molar-refractivity contribution in [3.8, 4) is 5.75 Å². The molecule has 2 bridgehead atoms. The van der Waals surface area contributed by atoms with Gasteiger partial charge in [0, 0.05) is 45.0 Å². The molecule has 3 atom stereocenters. The molecule has 3 heterocycles. The van der Waals surface area contributed by atoms with Crippen molar-refractivity contribution in [2.75, 3.05) is 33.8 Å². The molecular formula is C35H38N6O5. The number of nitrogens with zero attached hydrogens (tertiary/aromatic N) is 4. The number of carbonyl (C=O) groups excluding carboxylic acids is 4. The minimum absolute atomic E-state index is 0.0465. The van der Waals surface area contributed by atoms with E-state index in [-0.39, 0.29) is 62.1 Å². The summed E-state index contributed by atoms with van der Waals surface area (Å²) < 4.78 is 6.20. The summed E-state index contributed by atoms with van der Waals surface area (Å²) in [4.78, 5) is 63.3. The number of benzene rings is 3. The number of ether oxygens (including phenoxy) is 1. The Morgan fingerprint density at radius 2 is 1.72 bits per heavy atom. The number of nitrogens with two attached hydrogens (primary N) is 1. The van der Waals surface area contributed by atoms with Crippen LogP contribution in [0.4, 0.5) is 0 Å². The van der Waals surface area contributed by atoms with Crippen molar-refractivity contribution in [3.05, 3.63) is 84.1 Å². The van der Waals surface area contributed by atoms with Crippen LogP contribution in [0.3, 0.4) is 0 Å². The number of para-hydroxylation sites is 1. The SMILES string of the molecule is CN1CC(=O)N2C[C@@H](N)C[C@H]2COc2cccc3ccc(nc23)C(=O)N(C)[C@H](C(=O)NCc2cccc3ccccc23)CCC1=O. The fourth-order valence-electron chi connectivity index (χ4n) is 6.36. The van der Waals surface area contributed by atoms with Crippen LogP contribution < -0.4 is 15.8 Å². The van der Waals surface area contributed by atoms with Gasteiger partial charge in [-0.2, -0.15) is 0 Å². The second-order valence-corrected chi connectivity index (χ2v) is 12.1. The smallest absolute Gasteiger partial charge is 0.272 e. The molecule has 0 unspecified atom stereocenters. The van der Waals surface area contributed by atoms with Crippen molar-refractivity contribution >= 4 is 45.3 Å². The van der Waals surface area contributed by atoms with Crippen LogP contribution in [0.1, 0.15) is 35.3 Å². The molecule has 0 saturated carbocycles. The fourth-order valence-corrected chi connectivity index (χ4v) is 6.36. The molecule has 2 aliphatic rings. The Kier molecular flexibility index (Phi) is 8.85. The first kappa shape index (κ1) is 31.0. The minimum atomic E-state index is -0.976. The number of fused-ring (bicyclic) bond motifs is 3. The van der Waals surface area contributed by atoms with E-state index in [1.165, 1.54) is 9.80 Å². The molecule has 4 amide bonds. The maximum absolute atomic E-state index is 13.9. The van der Waals surface area contributed by atoms with E-state index in [2.05, 4.69) is 10.3 Å². The van der Waals surface area contributed by atoms with Gasteiger partial charge >= 0.3 is 0 Å². The van der Waals surface area contributed by atoms with Gasteiger partial charge in [0.25, 0.3) is 5.91 Å². The second-order valence-electron chi connectivity index (χ2n) is 12.1. The molecule has 11 nitrogen and oxygen atoms in total. The molecule has 3 N–H and O–H groups in total. The van der Waals surface area contributed by atoms with Gasteiger partial charge in [-0.25, -0.2) is 4.98 Å². The van der Waals surface area contributed by atoms with Crippen molar-refractivity contribution in [1.29, 1.82) is 0 Å². The van der Waals surface area contributed by atoms with Gasteiger partial charge < -0.3 is 30.5 Å². The predicted molar refractivity (Wildman–Crippen MR) is 174 cm³/mol. The molecule has 4 aromatic rings. The zero-order valence-electron chi connectivity index (χ0n) is 26.0. The van der Waals surface area contributed by atoms with Crippen molar-refractivity contribution in [3.63, 3.8) is 0 Å². The van der Waals surface area contributed by atoms with Crippen molar-refractivity contribution in [1.82, 2.24) is 25.0 Å². The Morgan fingerprint density at radius 3 is 2.57 bits per heavy atom. The van der Waals surface area contributed by atoms with E-state index >= 15 is 0 Å². The summed E-state index contributed by atoms with van der Waals surface area (Å²) in [6.07, 6.45) is 0.570. The molecule has 1 saturated heterocycles. The number of aromatic nitrogens is 1. The highest BCUT2D eigenvalue weighted by Gasteiger charge is 2.35. The van der Waals surface area contributed by atoms with Crippen LogP contribution in [-0.2, 0) is 20.9 Å². The van der Waals surface area contributed by atoms with E-state index in [1.807, 2.05) is 54.6 Å². The average Bonchev–Trinajstić information content (AvgIpc) is 3.45. The van der Waals surface area contributed by atoms with Gasteiger partial charge in [0.2, 0.25) is 17.7 Å². The summed E-state index contributed by atoms with van der Waals surface area (Å²) >= 11 is 0. The van der Waals surface area contributed by atoms with E-state index in [4.69, 9.17) is 10.5 Å². The van der Waals surface area contributed by atoms with Crippen molar-refractivity contribution < 1.29 is 23.9 Å². The number of amides is 4. The lowest BCUT2D eigenvalue weighted by Crippen LogP contribution is -2.48. The van der Waals surface area contributed by atoms with Gasteiger partial charge in [-0.3, -0.25) is 19.2 Å². The normalized spacial score (nSPS) is 21.4. The van der Waals surface area contributed by atoms with E-state index in [0.29, 0.717) is 24.2 Å². The van der Waals surface area contributed by atoms with Crippen LogP contribution in [0.2, 0.25) is 0 Å². The summed E-state index contributed by atoms with van der Waals surface area (Å²) in [6, 6.07) is 21.3. The van der Waals surface area contributed by atoms with Crippen LogP contribution in [0, 0.1) is 0 Å².